The molecule has 0 bridgehead atoms. The zero-order valence-electron chi connectivity index (χ0n) is 13.0. The van der Waals surface area contributed by atoms with Crippen molar-refractivity contribution in [3.63, 3.8) is 0 Å². The standard InChI is InChI=1S/C18H27N/c1-6-7-8-9-15(2)14-18(3,4)16-10-12-17(19-5)13-11-16/h8-14,19H,6-7H2,1-5H3/b9-8-,15-14+. The van der Waals surface area contributed by atoms with Gasteiger partial charge in [0.1, 0.15) is 0 Å². The highest BCUT2D eigenvalue weighted by atomic mass is 14.8. The van der Waals surface area contributed by atoms with E-state index in [0.717, 1.165) is 12.1 Å². The van der Waals surface area contributed by atoms with Crippen molar-refractivity contribution < 1.29 is 0 Å². The third-order valence-corrected chi connectivity index (χ3v) is 3.34. The van der Waals surface area contributed by atoms with Gasteiger partial charge in [-0.2, -0.15) is 0 Å². The lowest BCUT2D eigenvalue weighted by atomic mass is 9.83. The summed E-state index contributed by atoms with van der Waals surface area (Å²) >= 11 is 0. The molecule has 0 atom stereocenters. The highest BCUT2D eigenvalue weighted by Crippen LogP contribution is 2.27. The second-order valence-corrected chi connectivity index (χ2v) is 5.63. The maximum Gasteiger partial charge on any atom is 0.0337 e. The average molecular weight is 257 g/mol. The van der Waals surface area contributed by atoms with Gasteiger partial charge in [-0.05, 0) is 31.0 Å². The molecule has 0 fully saturated rings. The van der Waals surface area contributed by atoms with E-state index in [1.807, 2.05) is 7.05 Å². The largest absolute Gasteiger partial charge is 0.388 e. The Balaban J connectivity index is 2.86. The van der Waals surface area contributed by atoms with Gasteiger partial charge in [0.15, 0.2) is 0 Å². The Bertz CT molecular complexity index is 435. The third-order valence-electron chi connectivity index (χ3n) is 3.34. The van der Waals surface area contributed by atoms with Gasteiger partial charge < -0.3 is 5.32 Å². The second-order valence-electron chi connectivity index (χ2n) is 5.63. The molecule has 0 aliphatic rings. The van der Waals surface area contributed by atoms with Crippen LogP contribution in [0.3, 0.4) is 0 Å². The van der Waals surface area contributed by atoms with Crippen molar-refractivity contribution in [2.45, 2.75) is 46.0 Å². The van der Waals surface area contributed by atoms with Gasteiger partial charge in [0, 0.05) is 18.2 Å². The first kappa shape index (κ1) is 15.6. The Morgan fingerprint density at radius 1 is 1.21 bits per heavy atom. The van der Waals surface area contributed by atoms with Crippen LogP contribution >= 0.6 is 0 Å². The van der Waals surface area contributed by atoms with Crippen LogP contribution in [0.25, 0.3) is 0 Å². The Labute approximate surface area is 118 Å². The molecule has 0 saturated carbocycles. The third kappa shape index (κ3) is 4.94. The summed E-state index contributed by atoms with van der Waals surface area (Å²) in [7, 11) is 1.95. The van der Waals surface area contributed by atoms with Crippen LogP contribution < -0.4 is 5.32 Å². The maximum absolute atomic E-state index is 3.15. The number of nitrogens with one attached hydrogen (secondary N) is 1. The van der Waals surface area contributed by atoms with Crippen LogP contribution in [0.5, 0.6) is 0 Å². The monoisotopic (exact) mass is 257 g/mol. The average Bonchev–Trinajstić information content (AvgIpc) is 2.38. The number of allylic oxidation sites excluding steroid dienone is 4. The van der Waals surface area contributed by atoms with Crippen LogP contribution in [0.15, 0.2) is 48.1 Å². The smallest absolute Gasteiger partial charge is 0.0337 e. The Kier molecular flexibility index (Phi) is 5.88. The van der Waals surface area contributed by atoms with E-state index in [9.17, 15) is 0 Å². The van der Waals surface area contributed by atoms with E-state index in [4.69, 9.17) is 0 Å². The summed E-state index contributed by atoms with van der Waals surface area (Å²) in [6.45, 7) is 8.91. The second kappa shape index (κ2) is 7.18. The Morgan fingerprint density at radius 2 is 1.84 bits per heavy atom. The summed E-state index contributed by atoms with van der Waals surface area (Å²) in [6.07, 6.45) is 9.19. The van der Waals surface area contributed by atoms with E-state index >= 15 is 0 Å². The number of anilines is 1. The van der Waals surface area contributed by atoms with Crippen LogP contribution in [0.2, 0.25) is 0 Å². The molecular weight excluding hydrogens is 230 g/mol. The molecule has 104 valence electrons. The van der Waals surface area contributed by atoms with E-state index in [-0.39, 0.29) is 5.41 Å². The van der Waals surface area contributed by atoms with Gasteiger partial charge in [-0.1, -0.05) is 63.1 Å². The van der Waals surface area contributed by atoms with E-state index in [2.05, 4.69) is 75.5 Å². The summed E-state index contributed by atoms with van der Waals surface area (Å²) in [5.41, 5.74) is 3.89. The summed E-state index contributed by atoms with van der Waals surface area (Å²) in [5, 5.41) is 3.15. The van der Waals surface area contributed by atoms with Gasteiger partial charge in [-0.3, -0.25) is 0 Å². The molecule has 1 aromatic carbocycles. The molecule has 0 spiro atoms. The molecule has 0 heterocycles. The van der Waals surface area contributed by atoms with Gasteiger partial charge in [0.05, 0.1) is 0 Å². The van der Waals surface area contributed by atoms with Gasteiger partial charge in [-0.25, -0.2) is 0 Å². The zero-order chi connectivity index (χ0) is 14.3. The van der Waals surface area contributed by atoms with Crippen LogP contribution in [0.1, 0.15) is 46.1 Å². The van der Waals surface area contributed by atoms with Crippen molar-refractivity contribution in [1.82, 2.24) is 0 Å². The Morgan fingerprint density at radius 3 is 2.37 bits per heavy atom. The minimum Gasteiger partial charge on any atom is -0.388 e. The molecule has 0 aromatic heterocycles. The topological polar surface area (TPSA) is 12.0 Å². The van der Waals surface area contributed by atoms with Crippen molar-refractivity contribution >= 4 is 5.69 Å². The highest BCUT2D eigenvalue weighted by molar-refractivity contribution is 5.46. The number of hydrogen-bond acceptors (Lipinski definition) is 1. The molecule has 1 nitrogen and oxygen atoms in total. The lowest BCUT2D eigenvalue weighted by molar-refractivity contribution is 0.666. The predicted molar refractivity (Wildman–Crippen MR) is 86.8 cm³/mol. The normalized spacial score (nSPS) is 13.0. The van der Waals surface area contributed by atoms with Crippen LogP contribution in [-0.2, 0) is 5.41 Å². The van der Waals surface area contributed by atoms with Gasteiger partial charge >= 0.3 is 0 Å². The summed E-state index contributed by atoms with van der Waals surface area (Å²) < 4.78 is 0. The molecule has 0 amide bonds. The van der Waals surface area contributed by atoms with Gasteiger partial charge in [0.25, 0.3) is 0 Å². The molecule has 0 saturated heterocycles. The molecule has 1 N–H and O–H groups in total. The van der Waals surface area contributed by atoms with Crippen molar-refractivity contribution in [2.24, 2.45) is 0 Å². The first-order valence-corrected chi connectivity index (χ1v) is 7.14. The molecule has 1 heteroatoms. The molecule has 1 rings (SSSR count). The molecule has 0 unspecified atom stereocenters. The van der Waals surface area contributed by atoms with Gasteiger partial charge in [-0.15, -0.1) is 0 Å². The van der Waals surface area contributed by atoms with Crippen molar-refractivity contribution in [3.05, 3.63) is 53.6 Å². The number of rotatable bonds is 6. The maximum atomic E-state index is 3.15. The molecule has 0 radical (unpaired) electrons. The SMILES string of the molecule is CCC/C=C\C(C)=C\C(C)(C)c1ccc(NC)cc1. The first-order chi connectivity index (χ1) is 8.99. The minimum absolute atomic E-state index is 0.0624. The lowest BCUT2D eigenvalue weighted by Gasteiger charge is -2.22. The minimum atomic E-state index is 0.0624. The molecule has 19 heavy (non-hydrogen) atoms. The quantitative estimate of drug-likeness (QED) is 0.681. The fraction of sp³-hybridized carbons (Fsp3) is 0.444. The summed E-state index contributed by atoms with van der Waals surface area (Å²) in [4.78, 5) is 0. The highest BCUT2D eigenvalue weighted by Gasteiger charge is 2.17. The summed E-state index contributed by atoms with van der Waals surface area (Å²) in [5.74, 6) is 0. The van der Waals surface area contributed by atoms with Crippen molar-refractivity contribution in [2.75, 3.05) is 12.4 Å². The van der Waals surface area contributed by atoms with E-state index < -0.39 is 0 Å². The number of unbranched alkanes of at least 4 members (excludes halogenated alkanes) is 1. The molecular formula is C18H27N. The fourth-order valence-electron chi connectivity index (χ4n) is 2.20. The molecule has 1 aromatic rings. The molecule has 0 aliphatic carbocycles. The van der Waals surface area contributed by atoms with E-state index in [1.54, 1.807) is 0 Å². The fourth-order valence-corrected chi connectivity index (χ4v) is 2.20. The van der Waals surface area contributed by atoms with E-state index in [1.165, 1.54) is 17.6 Å². The summed E-state index contributed by atoms with van der Waals surface area (Å²) in [6, 6.07) is 8.66. The van der Waals surface area contributed by atoms with Crippen LogP contribution in [0.4, 0.5) is 5.69 Å². The zero-order valence-corrected chi connectivity index (χ0v) is 13.0. The number of hydrogen-bond donors (Lipinski definition) is 1. The predicted octanol–water partition coefficient (Wildman–Crippen LogP) is 5.31. The number of benzene rings is 1. The van der Waals surface area contributed by atoms with Crippen molar-refractivity contribution in [1.29, 1.82) is 0 Å². The van der Waals surface area contributed by atoms with Crippen molar-refractivity contribution in [3.8, 4) is 0 Å². The first-order valence-electron chi connectivity index (χ1n) is 7.14. The molecule has 0 aliphatic heterocycles. The Hall–Kier alpha value is -1.50. The van der Waals surface area contributed by atoms with Crippen LogP contribution in [-0.4, -0.2) is 7.05 Å². The van der Waals surface area contributed by atoms with Gasteiger partial charge in [0.2, 0.25) is 0 Å². The van der Waals surface area contributed by atoms with E-state index in [0.29, 0.717) is 0 Å². The van der Waals surface area contributed by atoms with Crippen LogP contribution in [0, 0.1) is 0 Å². The lowest BCUT2D eigenvalue weighted by Crippen LogP contribution is -2.14.